The zero-order valence-corrected chi connectivity index (χ0v) is 13.7. The molecule has 0 saturated heterocycles. The first-order valence-electron chi connectivity index (χ1n) is 7.41. The Morgan fingerprint density at radius 1 is 1.19 bits per heavy atom. The number of hydrogen-bond donors (Lipinski definition) is 1. The lowest BCUT2D eigenvalue weighted by Gasteiger charge is -2.30. The Kier molecular flexibility index (Phi) is 4.41. The molecular formula is C18H19BrFN. The van der Waals surface area contributed by atoms with Crippen molar-refractivity contribution in [3.63, 3.8) is 0 Å². The molecule has 3 heteroatoms. The van der Waals surface area contributed by atoms with Crippen LogP contribution in [0.3, 0.4) is 0 Å². The summed E-state index contributed by atoms with van der Waals surface area (Å²) in [5.41, 5.74) is 3.63. The SMILES string of the molecule is CNC(c1cc(F)cc(Br)c1)c1ccccc1C1CCC1. The van der Waals surface area contributed by atoms with E-state index in [0.717, 1.165) is 10.0 Å². The van der Waals surface area contributed by atoms with E-state index in [1.54, 1.807) is 6.07 Å². The summed E-state index contributed by atoms with van der Waals surface area (Å²) in [6, 6.07) is 13.7. The number of nitrogens with one attached hydrogen (secondary N) is 1. The first kappa shape index (κ1) is 14.7. The van der Waals surface area contributed by atoms with Crippen LogP contribution in [0.4, 0.5) is 4.39 Å². The molecule has 1 aliphatic carbocycles. The molecule has 21 heavy (non-hydrogen) atoms. The molecule has 3 rings (SSSR count). The van der Waals surface area contributed by atoms with Crippen LogP contribution in [0.15, 0.2) is 46.9 Å². The van der Waals surface area contributed by atoms with Crippen LogP contribution in [0.25, 0.3) is 0 Å². The standard InChI is InChI=1S/C18H19BrFN/c1-21-18(13-9-14(19)11-15(20)10-13)17-8-3-2-7-16(17)12-5-4-6-12/h2-3,7-12,18,21H,4-6H2,1H3. The van der Waals surface area contributed by atoms with Crippen molar-refractivity contribution < 1.29 is 4.39 Å². The molecule has 0 aromatic heterocycles. The molecule has 2 aromatic carbocycles. The van der Waals surface area contributed by atoms with Crippen molar-refractivity contribution in [3.05, 3.63) is 69.4 Å². The van der Waals surface area contributed by atoms with Gasteiger partial charge in [-0.15, -0.1) is 0 Å². The predicted octanol–water partition coefficient (Wildman–Crippen LogP) is 5.16. The smallest absolute Gasteiger partial charge is 0.124 e. The van der Waals surface area contributed by atoms with E-state index in [0.29, 0.717) is 5.92 Å². The Bertz CT molecular complexity index is 617. The van der Waals surface area contributed by atoms with E-state index >= 15 is 0 Å². The Hall–Kier alpha value is -1.19. The van der Waals surface area contributed by atoms with Gasteiger partial charge in [0.25, 0.3) is 0 Å². The highest BCUT2D eigenvalue weighted by Crippen LogP contribution is 2.40. The van der Waals surface area contributed by atoms with Crippen LogP contribution in [0.1, 0.15) is 47.9 Å². The summed E-state index contributed by atoms with van der Waals surface area (Å²) in [7, 11) is 1.93. The second-order valence-electron chi connectivity index (χ2n) is 5.68. The van der Waals surface area contributed by atoms with Crippen LogP contribution in [-0.2, 0) is 0 Å². The van der Waals surface area contributed by atoms with Gasteiger partial charge in [0.1, 0.15) is 5.82 Å². The normalized spacial score (nSPS) is 16.5. The number of halogens is 2. The number of rotatable bonds is 4. The molecular weight excluding hydrogens is 329 g/mol. The van der Waals surface area contributed by atoms with Crippen LogP contribution >= 0.6 is 15.9 Å². The second kappa shape index (κ2) is 6.29. The maximum atomic E-state index is 13.7. The van der Waals surface area contributed by atoms with Gasteiger partial charge in [-0.2, -0.15) is 0 Å². The lowest BCUT2D eigenvalue weighted by atomic mass is 9.76. The topological polar surface area (TPSA) is 12.0 Å². The van der Waals surface area contributed by atoms with E-state index in [9.17, 15) is 4.39 Å². The Labute approximate surface area is 133 Å². The average Bonchev–Trinajstić information content (AvgIpc) is 2.38. The Morgan fingerprint density at radius 3 is 2.57 bits per heavy atom. The number of benzene rings is 2. The van der Waals surface area contributed by atoms with Crippen LogP contribution in [-0.4, -0.2) is 7.05 Å². The molecule has 1 atom stereocenters. The van der Waals surface area contributed by atoms with Crippen LogP contribution in [0, 0.1) is 5.82 Å². The van der Waals surface area contributed by atoms with Gasteiger partial charge in [-0.3, -0.25) is 0 Å². The predicted molar refractivity (Wildman–Crippen MR) is 88.0 cm³/mol. The summed E-state index contributed by atoms with van der Waals surface area (Å²) >= 11 is 3.39. The minimum absolute atomic E-state index is 0.0220. The van der Waals surface area contributed by atoms with Crippen LogP contribution in [0.2, 0.25) is 0 Å². The minimum Gasteiger partial charge on any atom is -0.309 e. The van der Waals surface area contributed by atoms with E-state index in [2.05, 4.69) is 45.5 Å². The van der Waals surface area contributed by atoms with E-state index in [1.165, 1.54) is 36.5 Å². The highest BCUT2D eigenvalue weighted by atomic mass is 79.9. The first-order valence-corrected chi connectivity index (χ1v) is 8.20. The molecule has 1 nitrogen and oxygen atoms in total. The van der Waals surface area contributed by atoms with Crippen LogP contribution < -0.4 is 5.32 Å². The second-order valence-corrected chi connectivity index (χ2v) is 6.60. The molecule has 0 bridgehead atoms. The van der Waals surface area contributed by atoms with E-state index in [1.807, 2.05) is 13.1 Å². The zero-order chi connectivity index (χ0) is 14.8. The Balaban J connectivity index is 2.03. The van der Waals surface area contributed by atoms with Gasteiger partial charge in [-0.05, 0) is 60.7 Å². The summed E-state index contributed by atoms with van der Waals surface area (Å²) in [6.07, 6.45) is 3.84. The third-order valence-corrected chi connectivity index (χ3v) is 4.82. The lowest BCUT2D eigenvalue weighted by molar-refractivity contribution is 0.415. The van der Waals surface area contributed by atoms with Gasteiger partial charge < -0.3 is 5.32 Å². The fourth-order valence-corrected chi connectivity index (χ4v) is 3.59. The summed E-state index contributed by atoms with van der Waals surface area (Å²) in [5, 5.41) is 3.35. The molecule has 1 aliphatic rings. The van der Waals surface area contributed by atoms with Gasteiger partial charge in [0.2, 0.25) is 0 Å². The van der Waals surface area contributed by atoms with E-state index in [4.69, 9.17) is 0 Å². The van der Waals surface area contributed by atoms with E-state index < -0.39 is 0 Å². The highest BCUT2D eigenvalue weighted by molar-refractivity contribution is 9.10. The molecule has 1 saturated carbocycles. The van der Waals surface area contributed by atoms with Gasteiger partial charge in [-0.1, -0.05) is 46.6 Å². The fraction of sp³-hybridized carbons (Fsp3) is 0.333. The number of hydrogen-bond acceptors (Lipinski definition) is 1. The summed E-state index contributed by atoms with van der Waals surface area (Å²) in [4.78, 5) is 0. The lowest BCUT2D eigenvalue weighted by Crippen LogP contribution is -2.21. The molecule has 1 fully saturated rings. The summed E-state index contributed by atoms with van der Waals surface area (Å²) in [6.45, 7) is 0. The molecule has 0 radical (unpaired) electrons. The van der Waals surface area contributed by atoms with Crippen molar-refractivity contribution in [3.8, 4) is 0 Å². The first-order chi connectivity index (χ1) is 10.2. The van der Waals surface area contributed by atoms with Crippen molar-refractivity contribution in [1.82, 2.24) is 5.32 Å². The Morgan fingerprint density at radius 2 is 1.95 bits per heavy atom. The molecule has 1 unspecified atom stereocenters. The third-order valence-electron chi connectivity index (χ3n) is 4.36. The van der Waals surface area contributed by atoms with Gasteiger partial charge in [0.05, 0.1) is 6.04 Å². The summed E-state index contributed by atoms with van der Waals surface area (Å²) in [5.74, 6) is 0.454. The molecule has 0 aliphatic heterocycles. The average molecular weight is 348 g/mol. The maximum Gasteiger partial charge on any atom is 0.124 e. The van der Waals surface area contributed by atoms with Gasteiger partial charge >= 0.3 is 0 Å². The molecule has 1 N–H and O–H groups in total. The van der Waals surface area contributed by atoms with Gasteiger partial charge in [0.15, 0.2) is 0 Å². The van der Waals surface area contributed by atoms with Crippen molar-refractivity contribution in [1.29, 1.82) is 0 Å². The molecule has 0 amide bonds. The molecule has 110 valence electrons. The van der Waals surface area contributed by atoms with Gasteiger partial charge in [-0.25, -0.2) is 4.39 Å². The van der Waals surface area contributed by atoms with Crippen molar-refractivity contribution >= 4 is 15.9 Å². The highest BCUT2D eigenvalue weighted by Gasteiger charge is 2.25. The van der Waals surface area contributed by atoms with E-state index in [-0.39, 0.29) is 11.9 Å². The van der Waals surface area contributed by atoms with Crippen molar-refractivity contribution in [2.45, 2.75) is 31.2 Å². The van der Waals surface area contributed by atoms with Crippen LogP contribution in [0.5, 0.6) is 0 Å². The van der Waals surface area contributed by atoms with Gasteiger partial charge in [0, 0.05) is 4.47 Å². The molecule has 2 aromatic rings. The molecule has 0 spiro atoms. The summed E-state index contributed by atoms with van der Waals surface area (Å²) < 4.78 is 14.5. The minimum atomic E-state index is -0.208. The quantitative estimate of drug-likeness (QED) is 0.804. The fourth-order valence-electron chi connectivity index (χ4n) is 3.11. The maximum absolute atomic E-state index is 13.7. The van der Waals surface area contributed by atoms with Crippen molar-refractivity contribution in [2.24, 2.45) is 0 Å². The van der Waals surface area contributed by atoms with Crippen molar-refractivity contribution in [2.75, 3.05) is 7.05 Å². The zero-order valence-electron chi connectivity index (χ0n) is 12.1. The molecule has 0 heterocycles. The third kappa shape index (κ3) is 3.04. The largest absolute Gasteiger partial charge is 0.309 e. The monoisotopic (exact) mass is 347 g/mol.